The molecule has 2 N–H and O–H groups in total. The van der Waals surface area contributed by atoms with Crippen LogP contribution in [0.15, 0.2) is 18.2 Å². The molecule has 0 radical (unpaired) electrons. The minimum Gasteiger partial charge on any atom is -0.508 e. The van der Waals surface area contributed by atoms with Gasteiger partial charge in [-0.3, -0.25) is 10.1 Å². The van der Waals surface area contributed by atoms with E-state index in [1.54, 1.807) is 19.9 Å². The number of rotatable bonds is 3. The fourth-order valence-electron chi connectivity index (χ4n) is 2.53. The van der Waals surface area contributed by atoms with Gasteiger partial charge in [-0.2, -0.15) is 0 Å². The van der Waals surface area contributed by atoms with Gasteiger partial charge in [0.15, 0.2) is 0 Å². The molecule has 1 aromatic carbocycles. The molecule has 4 heteroatoms. The number of benzene rings is 1. The Morgan fingerprint density at radius 3 is 2.89 bits per heavy atom. The number of fused-ring (bicyclic) bond motifs is 1. The Bertz CT molecular complexity index is 468. The molecule has 4 nitrogen and oxygen atoms in total. The number of phenols is 1. The van der Waals surface area contributed by atoms with Gasteiger partial charge in [-0.25, -0.2) is 0 Å². The summed E-state index contributed by atoms with van der Waals surface area (Å²) in [5, 5.41) is 13.1. The number of hydrogen-bond donors (Lipinski definition) is 2. The van der Waals surface area contributed by atoms with Crippen LogP contribution in [-0.2, 0) is 16.0 Å². The molecule has 18 heavy (non-hydrogen) atoms. The third-order valence-corrected chi connectivity index (χ3v) is 3.48. The number of esters is 1. The molecule has 0 fully saturated rings. The van der Waals surface area contributed by atoms with Crippen molar-refractivity contribution in [3.63, 3.8) is 0 Å². The highest BCUT2D eigenvalue weighted by Crippen LogP contribution is 2.37. The summed E-state index contributed by atoms with van der Waals surface area (Å²) >= 11 is 0. The van der Waals surface area contributed by atoms with Crippen molar-refractivity contribution >= 4 is 5.97 Å². The summed E-state index contributed by atoms with van der Waals surface area (Å²) in [5.41, 5.74) is 1.33. The zero-order valence-corrected chi connectivity index (χ0v) is 11.0. The van der Waals surface area contributed by atoms with Gasteiger partial charge in [0.25, 0.3) is 0 Å². The van der Waals surface area contributed by atoms with Crippen molar-refractivity contribution in [2.75, 3.05) is 7.11 Å². The van der Waals surface area contributed by atoms with E-state index in [0.29, 0.717) is 5.75 Å². The first-order valence-corrected chi connectivity index (χ1v) is 6.12. The Hall–Kier alpha value is -1.55. The number of aromatic hydroxyl groups is 1. The molecule has 1 aliphatic rings. The molecular formula is C14H19NO3. The summed E-state index contributed by atoms with van der Waals surface area (Å²) in [6.45, 7) is 3.61. The van der Waals surface area contributed by atoms with Gasteiger partial charge in [-0.05, 0) is 43.9 Å². The maximum atomic E-state index is 11.7. The highest BCUT2D eigenvalue weighted by molar-refractivity contribution is 5.79. The van der Waals surface area contributed by atoms with Gasteiger partial charge in [0.05, 0.1) is 7.11 Å². The van der Waals surface area contributed by atoms with Gasteiger partial charge in [0.2, 0.25) is 0 Å². The topological polar surface area (TPSA) is 58.6 Å². The second-order valence-electron chi connectivity index (χ2n) is 5.20. The first kappa shape index (κ1) is 12.9. The van der Waals surface area contributed by atoms with Crippen LogP contribution in [0, 0.1) is 0 Å². The molecule has 0 bridgehead atoms. The van der Waals surface area contributed by atoms with E-state index in [9.17, 15) is 9.90 Å². The van der Waals surface area contributed by atoms with E-state index in [0.717, 1.165) is 24.0 Å². The molecule has 1 atom stereocenters. The molecule has 1 unspecified atom stereocenters. The molecule has 2 rings (SSSR count). The van der Waals surface area contributed by atoms with Crippen molar-refractivity contribution in [3.8, 4) is 5.75 Å². The molecule has 1 aromatic rings. The molecular weight excluding hydrogens is 230 g/mol. The number of ether oxygens (including phenoxy) is 1. The van der Waals surface area contributed by atoms with Crippen molar-refractivity contribution in [2.24, 2.45) is 0 Å². The van der Waals surface area contributed by atoms with E-state index in [2.05, 4.69) is 5.32 Å². The van der Waals surface area contributed by atoms with Gasteiger partial charge in [-0.15, -0.1) is 0 Å². The van der Waals surface area contributed by atoms with Crippen LogP contribution in [0.3, 0.4) is 0 Å². The van der Waals surface area contributed by atoms with Crippen molar-refractivity contribution in [1.29, 1.82) is 0 Å². The van der Waals surface area contributed by atoms with E-state index in [1.807, 2.05) is 12.1 Å². The second kappa shape index (κ2) is 4.61. The van der Waals surface area contributed by atoms with Crippen LogP contribution < -0.4 is 5.32 Å². The number of carbonyl (C=O) groups excluding carboxylic acids is 1. The average Bonchev–Trinajstić information content (AvgIpc) is 2.72. The number of phenolic OH excluding ortho intramolecular Hbond substituents is 1. The van der Waals surface area contributed by atoms with Gasteiger partial charge in [0, 0.05) is 6.04 Å². The predicted octanol–water partition coefficient (Wildman–Crippen LogP) is 1.92. The Balaban J connectivity index is 2.20. The minimum atomic E-state index is -0.730. The SMILES string of the molecule is COC(=O)C(C)(C)NC1CCc2c(O)cccc21. The molecule has 0 aromatic heterocycles. The normalized spacial score (nSPS) is 18.5. The molecule has 0 saturated carbocycles. The van der Waals surface area contributed by atoms with Gasteiger partial charge in [0.1, 0.15) is 11.3 Å². The van der Waals surface area contributed by atoms with Gasteiger partial charge >= 0.3 is 5.97 Å². The third-order valence-electron chi connectivity index (χ3n) is 3.48. The van der Waals surface area contributed by atoms with Gasteiger partial charge in [-0.1, -0.05) is 12.1 Å². The van der Waals surface area contributed by atoms with Crippen LogP contribution in [0.5, 0.6) is 5.75 Å². The zero-order valence-electron chi connectivity index (χ0n) is 11.0. The van der Waals surface area contributed by atoms with E-state index < -0.39 is 5.54 Å². The maximum absolute atomic E-state index is 11.7. The number of hydrogen-bond acceptors (Lipinski definition) is 4. The average molecular weight is 249 g/mol. The van der Waals surface area contributed by atoms with E-state index in [1.165, 1.54) is 7.11 Å². The van der Waals surface area contributed by atoms with Crippen LogP contribution in [0.25, 0.3) is 0 Å². The smallest absolute Gasteiger partial charge is 0.325 e. The number of carbonyl (C=O) groups is 1. The first-order chi connectivity index (χ1) is 8.45. The van der Waals surface area contributed by atoms with Crippen LogP contribution in [0.1, 0.15) is 37.4 Å². The van der Waals surface area contributed by atoms with E-state index in [-0.39, 0.29) is 12.0 Å². The lowest BCUT2D eigenvalue weighted by molar-refractivity contribution is -0.147. The lowest BCUT2D eigenvalue weighted by Crippen LogP contribution is -2.48. The monoisotopic (exact) mass is 249 g/mol. The van der Waals surface area contributed by atoms with Crippen molar-refractivity contribution in [2.45, 2.75) is 38.3 Å². The van der Waals surface area contributed by atoms with E-state index in [4.69, 9.17) is 4.74 Å². The highest BCUT2D eigenvalue weighted by Gasteiger charge is 2.34. The van der Waals surface area contributed by atoms with Crippen molar-refractivity contribution < 1.29 is 14.6 Å². The number of methoxy groups -OCH3 is 1. The quantitative estimate of drug-likeness (QED) is 0.804. The van der Waals surface area contributed by atoms with E-state index >= 15 is 0 Å². The molecule has 98 valence electrons. The standard InChI is InChI=1S/C14H19NO3/c1-14(2,13(17)18-3)15-11-8-7-10-9(11)5-4-6-12(10)16/h4-6,11,15-16H,7-8H2,1-3H3. The third kappa shape index (κ3) is 2.20. The van der Waals surface area contributed by atoms with Crippen LogP contribution in [0.4, 0.5) is 0 Å². The summed E-state index contributed by atoms with van der Waals surface area (Å²) in [5.74, 6) is 0.0591. The molecule has 1 aliphatic carbocycles. The summed E-state index contributed by atoms with van der Waals surface area (Å²) < 4.78 is 4.79. The lowest BCUT2D eigenvalue weighted by atomic mass is 10.0. The Morgan fingerprint density at radius 2 is 2.22 bits per heavy atom. The van der Waals surface area contributed by atoms with Crippen LogP contribution >= 0.6 is 0 Å². The Morgan fingerprint density at radius 1 is 1.50 bits per heavy atom. The second-order valence-corrected chi connectivity index (χ2v) is 5.20. The highest BCUT2D eigenvalue weighted by atomic mass is 16.5. The summed E-state index contributed by atoms with van der Waals surface area (Å²) in [7, 11) is 1.39. The first-order valence-electron chi connectivity index (χ1n) is 6.12. The lowest BCUT2D eigenvalue weighted by Gasteiger charge is -2.27. The molecule has 0 spiro atoms. The largest absolute Gasteiger partial charge is 0.508 e. The summed E-state index contributed by atoms with van der Waals surface area (Å²) in [4.78, 5) is 11.7. The van der Waals surface area contributed by atoms with Gasteiger partial charge < -0.3 is 9.84 Å². The van der Waals surface area contributed by atoms with Crippen molar-refractivity contribution in [1.82, 2.24) is 5.32 Å². The van der Waals surface area contributed by atoms with Crippen LogP contribution in [-0.4, -0.2) is 23.7 Å². The molecule has 0 saturated heterocycles. The summed E-state index contributed by atoms with van der Waals surface area (Å²) in [6.07, 6.45) is 1.71. The maximum Gasteiger partial charge on any atom is 0.325 e. The molecule has 0 aliphatic heterocycles. The Labute approximate surface area is 107 Å². The molecule has 0 amide bonds. The fraction of sp³-hybridized carbons (Fsp3) is 0.500. The van der Waals surface area contributed by atoms with Crippen molar-refractivity contribution in [3.05, 3.63) is 29.3 Å². The zero-order chi connectivity index (χ0) is 13.3. The van der Waals surface area contributed by atoms with Crippen LogP contribution in [0.2, 0.25) is 0 Å². The summed E-state index contributed by atoms with van der Waals surface area (Å²) in [6, 6.07) is 5.61. The molecule has 0 heterocycles. The number of nitrogens with one attached hydrogen (secondary N) is 1. The predicted molar refractivity (Wildman–Crippen MR) is 68.4 cm³/mol. The fourth-order valence-corrected chi connectivity index (χ4v) is 2.53. The Kier molecular flexibility index (Phi) is 3.30. The minimum absolute atomic E-state index is 0.0844.